The van der Waals surface area contributed by atoms with Crippen molar-refractivity contribution in [2.24, 2.45) is 10.7 Å². The molecule has 1 aromatic carbocycles. The minimum atomic E-state index is -0.498. The highest BCUT2D eigenvalue weighted by atomic mass is 16.6. The second kappa shape index (κ2) is 8.23. The van der Waals surface area contributed by atoms with Gasteiger partial charge in [-0.1, -0.05) is 12.1 Å². The molecule has 0 saturated carbocycles. The number of carbonyl (C=O) groups is 1. The molecule has 6 heteroatoms. The molecular weight excluding hydrogens is 316 g/mol. The van der Waals surface area contributed by atoms with E-state index in [2.05, 4.69) is 22.4 Å². The van der Waals surface area contributed by atoms with Gasteiger partial charge in [-0.3, -0.25) is 4.99 Å². The predicted octanol–water partition coefficient (Wildman–Crippen LogP) is 3.16. The van der Waals surface area contributed by atoms with Crippen LogP contribution in [0.3, 0.4) is 0 Å². The Hall–Kier alpha value is -2.24. The van der Waals surface area contributed by atoms with E-state index in [4.69, 9.17) is 10.5 Å². The third-order valence-electron chi connectivity index (χ3n) is 4.08. The smallest absolute Gasteiger partial charge is 0.410 e. The highest BCUT2D eigenvalue weighted by Crippen LogP contribution is 2.27. The molecule has 1 aliphatic carbocycles. The maximum atomic E-state index is 11.9. The Labute approximate surface area is 150 Å². The number of nitrogens with zero attached hydrogens (tertiary/aromatic N) is 2. The maximum Gasteiger partial charge on any atom is 0.410 e. The van der Waals surface area contributed by atoms with Gasteiger partial charge in [0.05, 0.1) is 6.54 Å². The van der Waals surface area contributed by atoms with Gasteiger partial charge >= 0.3 is 6.09 Å². The second-order valence-corrected chi connectivity index (χ2v) is 7.44. The van der Waals surface area contributed by atoms with Crippen LogP contribution in [0.1, 0.15) is 44.7 Å². The maximum absolute atomic E-state index is 11.9. The van der Waals surface area contributed by atoms with Crippen LogP contribution in [0.15, 0.2) is 23.2 Å². The number of nitrogens with one attached hydrogen (secondary N) is 1. The van der Waals surface area contributed by atoms with Crippen molar-refractivity contribution in [2.45, 2.75) is 52.1 Å². The largest absolute Gasteiger partial charge is 0.444 e. The van der Waals surface area contributed by atoms with Crippen LogP contribution in [0, 0.1) is 0 Å². The zero-order valence-corrected chi connectivity index (χ0v) is 15.8. The first-order valence-corrected chi connectivity index (χ1v) is 8.88. The van der Waals surface area contributed by atoms with Crippen molar-refractivity contribution in [3.63, 3.8) is 0 Å². The predicted molar refractivity (Wildman–Crippen MR) is 102 cm³/mol. The number of nitrogens with two attached hydrogens (primary N) is 1. The van der Waals surface area contributed by atoms with E-state index < -0.39 is 5.60 Å². The lowest BCUT2D eigenvalue weighted by atomic mass is 9.90. The Balaban J connectivity index is 1.87. The van der Waals surface area contributed by atoms with Gasteiger partial charge in [0.25, 0.3) is 0 Å². The number of benzene rings is 1. The fourth-order valence-corrected chi connectivity index (χ4v) is 2.83. The number of guanidine groups is 1. The summed E-state index contributed by atoms with van der Waals surface area (Å²) in [5.74, 6) is 0.372. The first kappa shape index (κ1) is 19.1. The Morgan fingerprint density at radius 1 is 1.32 bits per heavy atom. The zero-order valence-electron chi connectivity index (χ0n) is 15.8. The van der Waals surface area contributed by atoms with Gasteiger partial charge in [-0.05, 0) is 63.6 Å². The molecule has 0 aromatic heterocycles. The summed E-state index contributed by atoms with van der Waals surface area (Å²) < 4.78 is 5.31. The number of fused-ring (bicyclic) bond motifs is 1. The number of aryl methyl sites for hydroxylation is 1. The standard InChI is InChI=1S/C19H30N4O2/c1-19(2,3)25-18(24)23(4)13-12-21-17(20)22-16-11-7-9-14-8-5-6-10-15(14)16/h7,9,11H,5-6,8,10,12-13H2,1-4H3,(H3,20,21,22). The SMILES string of the molecule is CN(CCN=C(N)Nc1cccc2c1CCCC2)C(=O)OC(C)(C)C. The van der Waals surface area contributed by atoms with Gasteiger partial charge in [0.15, 0.2) is 5.96 Å². The number of anilines is 1. The van der Waals surface area contributed by atoms with E-state index in [0.29, 0.717) is 19.0 Å². The van der Waals surface area contributed by atoms with E-state index in [1.807, 2.05) is 26.8 Å². The van der Waals surface area contributed by atoms with Crippen molar-refractivity contribution in [1.82, 2.24) is 4.90 Å². The lowest BCUT2D eigenvalue weighted by Crippen LogP contribution is -2.36. The molecule has 0 radical (unpaired) electrons. The number of amides is 1. The van der Waals surface area contributed by atoms with Crippen LogP contribution in [0.4, 0.5) is 10.5 Å². The highest BCUT2D eigenvalue weighted by molar-refractivity contribution is 5.93. The third-order valence-corrected chi connectivity index (χ3v) is 4.08. The third kappa shape index (κ3) is 5.96. The topological polar surface area (TPSA) is 80.0 Å². The minimum Gasteiger partial charge on any atom is -0.444 e. The van der Waals surface area contributed by atoms with E-state index >= 15 is 0 Å². The Bertz CT molecular complexity index is 635. The van der Waals surface area contributed by atoms with Crippen LogP contribution in [0.2, 0.25) is 0 Å². The van der Waals surface area contributed by atoms with Gasteiger partial charge in [-0.2, -0.15) is 0 Å². The molecule has 3 N–H and O–H groups in total. The molecular formula is C19H30N4O2. The summed E-state index contributed by atoms with van der Waals surface area (Å²) in [6.07, 6.45) is 4.31. The molecule has 6 nitrogen and oxygen atoms in total. The summed E-state index contributed by atoms with van der Waals surface area (Å²) in [6, 6.07) is 6.28. The van der Waals surface area contributed by atoms with Gasteiger partial charge in [-0.25, -0.2) is 4.79 Å². The van der Waals surface area contributed by atoms with Gasteiger partial charge < -0.3 is 20.7 Å². The number of rotatable bonds is 4. The molecule has 0 spiro atoms. The average molecular weight is 346 g/mol. The fourth-order valence-electron chi connectivity index (χ4n) is 2.83. The molecule has 25 heavy (non-hydrogen) atoms. The zero-order chi connectivity index (χ0) is 18.4. The Kier molecular flexibility index (Phi) is 6.28. The van der Waals surface area contributed by atoms with Crippen LogP contribution in [-0.4, -0.2) is 42.7 Å². The molecule has 1 aliphatic rings. The fraction of sp³-hybridized carbons (Fsp3) is 0.579. The Morgan fingerprint density at radius 2 is 2.04 bits per heavy atom. The number of ether oxygens (including phenoxy) is 1. The summed E-state index contributed by atoms with van der Waals surface area (Å²) >= 11 is 0. The molecule has 138 valence electrons. The van der Waals surface area contributed by atoms with E-state index in [1.165, 1.54) is 28.9 Å². The van der Waals surface area contributed by atoms with Crippen LogP contribution < -0.4 is 11.1 Å². The molecule has 0 aliphatic heterocycles. The number of hydrogen-bond donors (Lipinski definition) is 2. The molecule has 0 fully saturated rings. The van der Waals surface area contributed by atoms with Crippen molar-refractivity contribution in [1.29, 1.82) is 0 Å². The quantitative estimate of drug-likeness (QED) is 0.648. The summed E-state index contributed by atoms with van der Waals surface area (Å²) in [5, 5.41) is 3.20. The van der Waals surface area contributed by atoms with Crippen molar-refractivity contribution in [2.75, 3.05) is 25.5 Å². The number of hydrogen-bond acceptors (Lipinski definition) is 3. The number of aliphatic imine (C=N–C) groups is 1. The normalized spacial score (nSPS) is 14.6. The summed E-state index contributed by atoms with van der Waals surface area (Å²) in [7, 11) is 1.70. The van der Waals surface area contributed by atoms with E-state index in [-0.39, 0.29) is 6.09 Å². The van der Waals surface area contributed by atoms with Crippen molar-refractivity contribution >= 4 is 17.7 Å². The van der Waals surface area contributed by atoms with E-state index in [0.717, 1.165) is 18.5 Å². The van der Waals surface area contributed by atoms with E-state index in [1.54, 1.807) is 7.05 Å². The van der Waals surface area contributed by atoms with Crippen molar-refractivity contribution in [3.05, 3.63) is 29.3 Å². The van der Waals surface area contributed by atoms with Crippen LogP contribution >= 0.6 is 0 Å². The molecule has 0 saturated heterocycles. The minimum absolute atomic E-state index is 0.355. The van der Waals surface area contributed by atoms with E-state index in [9.17, 15) is 4.79 Å². The van der Waals surface area contributed by atoms with Gasteiger partial charge in [0.2, 0.25) is 0 Å². The summed E-state index contributed by atoms with van der Waals surface area (Å²) in [6.45, 7) is 6.41. The number of likely N-dealkylation sites (N-methyl/N-ethyl adjacent to an activating group) is 1. The van der Waals surface area contributed by atoms with Crippen molar-refractivity contribution in [3.8, 4) is 0 Å². The first-order valence-electron chi connectivity index (χ1n) is 8.88. The molecule has 0 bridgehead atoms. The van der Waals surface area contributed by atoms with Crippen molar-refractivity contribution < 1.29 is 9.53 Å². The monoisotopic (exact) mass is 346 g/mol. The Morgan fingerprint density at radius 3 is 2.76 bits per heavy atom. The highest BCUT2D eigenvalue weighted by Gasteiger charge is 2.19. The van der Waals surface area contributed by atoms with Gasteiger partial charge in [-0.15, -0.1) is 0 Å². The molecule has 1 aromatic rings. The molecule has 1 amide bonds. The lowest BCUT2D eigenvalue weighted by molar-refractivity contribution is 0.0304. The first-order chi connectivity index (χ1) is 11.8. The average Bonchev–Trinajstić information content (AvgIpc) is 2.53. The molecule has 0 atom stereocenters. The number of carbonyl (C=O) groups excluding carboxylic acids is 1. The molecule has 0 unspecified atom stereocenters. The second-order valence-electron chi connectivity index (χ2n) is 7.44. The summed E-state index contributed by atoms with van der Waals surface area (Å²) in [4.78, 5) is 17.7. The summed E-state index contributed by atoms with van der Waals surface area (Å²) in [5.41, 5.74) is 9.29. The van der Waals surface area contributed by atoms with Gasteiger partial charge in [0.1, 0.15) is 5.60 Å². The van der Waals surface area contributed by atoms with Gasteiger partial charge in [0, 0.05) is 19.3 Å². The molecule has 0 heterocycles. The van der Waals surface area contributed by atoms with Crippen LogP contribution in [-0.2, 0) is 17.6 Å². The van der Waals surface area contributed by atoms with Crippen LogP contribution in [0.25, 0.3) is 0 Å². The molecule has 2 rings (SSSR count). The lowest BCUT2D eigenvalue weighted by Gasteiger charge is -2.24. The van der Waals surface area contributed by atoms with Crippen LogP contribution in [0.5, 0.6) is 0 Å².